The average molecular weight is 244 g/mol. The second-order valence-electron chi connectivity index (χ2n) is 6.62. The van der Waals surface area contributed by atoms with E-state index in [1.165, 1.54) is 0 Å². The lowest BCUT2D eigenvalue weighted by Crippen LogP contribution is -2.41. The van der Waals surface area contributed by atoms with Crippen molar-refractivity contribution in [3.05, 3.63) is 13.8 Å². The van der Waals surface area contributed by atoms with Crippen LogP contribution in [0.5, 0.6) is 0 Å². The van der Waals surface area contributed by atoms with Gasteiger partial charge in [-0.2, -0.15) is 0 Å². The molecule has 2 bridgehead atoms. The van der Waals surface area contributed by atoms with Crippen molar-refractivity contribution in [2.45, 2.75) is 25.7 Å². The molecular formula is C15H16O3. The van der Waals surface area contributed by atoms with Gasteiger partial charge in [-0.25, -0.2) is 0 Å². The molecule has 4 rings (SSSR count). The van der Waals surface area contributed by atoms with E-state index < -0.39 is 5.41 Å². The lowest BCUT2D eigenvalue weighted by Gasteiger charge is -2.38. The Labute approximate surface area is 107 Å². The number of carbonyl (C=O) groups is 2. The molecule has 1 saturated heterocycles. The Morgan fingerprint density at radius 2 is 1.83 bits per heavy atom. The third-order valence-electron chi connectivity index (χ3n) is 5.95. The molecule has 4 fully saturated rings. The van der Waals surface area contributed by atoms with Crippen molar-refractivity contribution in [1.29, 1.82) is 0 Å². The molecule has 7 unspecified atom stereocenters. The van der Waals surface area contributed by atoms with Gasteiger partial charge in [0.25, 0.3) is 0 Å². The summed E-state index contributed by atoms with van der Waals surface area (Å²) in [6, 6.07) is 0. The minimum atomic E-state index is -0.551. The summed E-state index contributed by atoms with van der Waals surface area (Å²) in [6.45, 7) is 12.4. The number of hydrogen-bond donors (Lipinski definition) is 0. The monoisotopic (exact) mass is 244 g/mol. The van der Waals surface area contributed by atoms with Crippen LogP contribution in [0.25, 0.3) is 0 Å². The molecule has 1 spiro atoms. The number of ether oxygens (including phenoxy) is 1. The largest absolute Gasteiger partial charge is 0.393 e. The molecule has 0 aromatic heterocycles. The van der Waals surface area contributed by atoms with Gasteiger partial charge >= 0.3 is 11.9 Å². The summed E-state index contributed by atoms with van der Waals surface area (Å²) < 4.78 is 4.81. The second-order valence-corrected chi connectivity index (χ2v) is 6.62. The van der Waals surface area contributed by atoms with E-state index in [4.69, 9.17) is 18.6 Å². The Balaban J connectivity index is 1.73. The highest BCUT2D eigenvalue weighted by molar-refractivity contribution is 5.98. The molecule has 7 atom stereocenters. The van der Waals surface area contributed by atoms with Gasteiger partial charge < -0.3 is 4.74 Å². The van der Waals surface area contributed by atoms with Crippen molar-refractivity contribution in [2.75, 3.05) is 0 Å². The van der Waals surface area contributed by atoms with Crippen LogP contribution in [-0.4, -0.2) is 11.9 Å². The molecular weight excluding hydrogens is 228 g/mol. The first-order chi connectivity index (χ1) is 8.53. The van der Waals surface area contributed by atoms with Crippen LogP contribution in [0.4, 0.5) is 0 Å². The Hall–Kier alpha value is -0.860. The summed E-state index contributed by atoms with van der Waals surface area (Å²) in [5.74, 6) is 1.05. The maximum absolute atomic E-state index is 12.1. The third-order valence-corrected chi connectivity index (χ3v) is 5.95. The summed E-state index contributed by atoms with van der Waals surface area (Å²) >= 11 is 0. The Morgan fingerprint density at radius 1 is 1.11 bits per heavy atom. The van der Waals surface area contributed by atoms with Crippen LogP contribution in [-0.2, 0) is 14.3 Å². The molecule has 0 amide bonds. The lowest BCUT2D eigenvalue weighted by molar-refractivity contribution is -0.157. The van der Waals surface area contributed by atoms with E-state index >= 15 is 0 Å². The lowest BCUT2D eigenvalue weighted by atomic mass is 9.62. The van der Waals surface area contributed by atoms with Gasteiger partial charge in [-0.3, -0.25) is 9.59 Å². The molecule has 18 heavy (non-hydrogen) atoms. The zero-order valence-electron chi connectivity index (χ0n) is 10.2. The van der Waals surface area contributed by atoms with Crippen LogP contribution in [0.2, 0.25) is 0 Å². The predicted octanol–water partition coefficient (Wildman–Crippen LogP) is 1.78. The van der Waals surface area contributed by atoms with Gasteiger partial charge in [-0.05, 0) is 68.6 Å². The minimum Gasteiger partial charge on any atom is -0.393 e. The highest BCUT2D eigenvalue weighted by atomic mass is 16.6. The molecule has 3 nitrogen and oxygen atoms in total. The van der Waals surface area contributed by atoms with Gasteiger partial charge in [0.05, 0.1) is 11.8 Å². The Kier molecular flexibility index (Phi) is 1.94. The number of hydrogen-bond acceptors (Lipinski definition) is 3. The fourth-order valence-corrected chi connectivity index (χ4v) is 5.51. The SMILES string of the molecule is [CH]C1CC([CH])C2C1C1CC2C2(CC(=O)OC2=O)C1. The molecule has 3 heteroatoms. The summed E-state index contributed by atoms with van der Waals surface area (Å²) in [5, 5.41) is 0. The number of fused-ring (bicyclic) bond motifs is 6. The van der Waals surface area contributed by atoms with E-state index in [2.05, 4.69) is 0 Å². The topological polar surface area (TPSA) is 43.4 Å². The summed E-state index contributed by atoms with van der Waals surface area (Å²) in [5.41, 5.74) is -0.551. The number of carbonyl (C=O) groups excluding carboxylic acids is 2. The van der Waals surface area contributed by atoms with E-state index in [9.17, 15) is 9.59 Å². The van der Waals surface area contributed by atoms with Crippen molar-refractivity contribution >= 4 is 11.9 Å². The first-order valence-electron chi connectivity index (χ1n) is 6.79. The number of esters is 2. The van der Waals surface area contributed by atoms with Crippen molar-refractivity contribution in [3.8, 4) is 0 Å². The fraction of sp³-hybridized carbons (Fsp3) is 0.733. The summed E-state index contributed by atoms with van der Waals surface area (Å²) in [7, 11) is 0. The van der Waals surface area contributed by atoms with Crippen LogP contribution < -0.4 is 0 Å². The zero-order valence-corrected chi connectivity index (χ0v) is 10.2. The Bertz CT molecular complexity index is 443. The molecule has 0 N–H and O–H groups in total. The molecule has 94 valence electrons. The third kappa shape index (κ3) is 1.07. The number of rotatable bonds is 0. The van der Waals surface area contributed by atoms with Crippen LogP contribution in [0, 0.1) is 54.8 Å². The molecule has 4 radical (unpaired) electrons. The van der Waals surface area contributed by atoms with E-state index in [0.29, 0.717) is 17.8 Å². The maximum atomic E-state index is 12.1. The van der Waals surface area contributed by atoms with Gasteiger partial charge in [0, 0.05) is 0 Å². The number of cyclic esters (lactones) is 2. The van der Waals surface area contributed by atoms with Gasteiger partial charge in [0.1, 0.15) is 0 Å². The second kappa shape index (κ2) is 3.17. The average Bonchev–Trinajstić information content (AvgIpc) is 2.95. The molecule has 3 aliphatic carbocycles. The van der Waals surface area contributed by atoms with Crippen LogP contribution in [0.3, 0.4) is 0 Å². The van der Waals surface area contributed by atoms with Crippen molar-refractivity contribution in [2.24, 2.45) is 40.9 Å². The van der Waals surface area contributed by atoms with E-state index in [1.54, 1.807) is 0 Å². The molecule has 0 aromatic carbocycles. The van der Waals surface area contributed by atoms with Crippen molar-refractivity contribution in [3.63, 3.8) is 0 Å². The Morgan fingerprint density at radius 3 is 2.50 bits per heavy atom. The van der Waals surface area contributed by atoms with Gasteiger partial charge in [-0.15, -0.1) is 0 Å². The minimum absolute atomic E-state index is 0.0840. The van der Waals surface area contributed by atoms with Crippen LogP contribution >= 0.6 is 0 Å². The van der Waals surface area contributed by atoms with Gasteiger partial charge in [0.15, 0.2) is 0 Å². The van der Waals surface area contributed by atoms with Crippen LogP contribution in [0.15, 0.2) is 0 Å². The highest BCUT2D eigenvalue weighted by Crippen LogP contribution is 2.70. The molecule has 3 saturated carbocycles. The zero-order chi connectivity index (χ0) is 12.7. The molecule has 0 aromatic rings. The first-order valence-corrected chi connectivity index (χ1v) is 6.79. The normalized spacial score (nSPS) is 57.4. The predicted molar refractivity (Wildman–Crippen MR) is 61.5 cm³/mol. The molecule has 1 heterocycles. The molecule has 1 aliphatic heterocycles. The van der Waals surface area contributed by atoms with Crippen molar-refractivity contribution < 1.29 is 14.3 Å². The smallest absolute Gasteiger partial charge is 0.320 e. The van der Waals surface area contributed by atoms with E-state index in [1.807, 2.05) is 0 Å². The maximum Gasteiger partial charge on any atom is 0.320 e. The standard InChI is InChI=1S/C15H16O3/c1-7-3-8(2)13-10-4-9(12(7)13)5-15(10)6-11(16)18-14(15)17/h1-2,7-10,12-13H,3-6H2. The summed E-state index contributed by atoms with van der Waals surface area (Å²) in [4.78, 5) is 23.5. The van der Waals surface area contributed by atoms with Crippen LogP contribution in [0.1, 0.15) is 25.7 Å². The fourth-order valence-electron chi connectivity index (χ4n) is 5.51. The molecule has 4 aliphatic rings. The first kappa shape index (κ1) is 11.0. The summed E-state index contributed by atoms with van der Waals surface area (Å²) in [6.07, 6.45) is 2.89. The quantitative estimate of drug-likeness (QED) is 0.482. The van der Waals surface area contributed by atoms with Gasteiger partial charge in [-0.1, -0.05) is 0 Å². The van der Waals surface area contributed by atoms with Gasteiger partial charge in [0.2, 0.25) is 0 Å². The van der Waals surface area contributed by atoms with E-state index in [0.717, 1.165) is 19.3 Å². The van der Waals surface area contributed by atoms with Crippen molar-refractivity contribution in [1.82, 2.24) is 0 Å². The van der Waals surface area contributed by atoms with E-state index in [-0.39, 0.29) is 36.1 Å². The highest BCUT2D eigenvalue weighted by Gasteiger charge is 2.69.